The predicted octanol–water partition coefficient (Wildman–Crippen LogP) is 2.96. The van der Waals surface area contributed by atoms with Gasteiger partial charge in [-0.2, -0.15) is 0 Å². The normalized spacial score (nSPS) is 31.6. The minimum Gasteiger partial charge on any atom is -0.396 e. The van der Waals surface area contributed by atoms with E-state index < -0.39 is 0 Å². The second kappa shape index (κ2) is 7.38. The highest BCUT2D eigenvalue weighted by atomic mass is 16.3. The average Bonchev–Trinajstić information content (AvgIpc) is 2.40. The topological polar surface area (TPSA) is 32.3 Å². The molecule has 2 aliphatic rings. The van der Waals surface area contributed by atoms with Gasteiger partial charge in [-0.15, -0.1) is 0 Å². The number of aliphatic hydroxyl groups is 1. The van der Waals surface area contributed by atoms with Gasteiger partial charge >= 0.3 is 0 Å². The van der Waals surface area contributed by atoms with E-state index in [0.717, 1.165) is 18.4 Å². The lowest BCUT2D eigenvalue weighted by molar-refractivity contribution is 0.132. The van der Waals surface area contributed by atoms with E-state index in [-0.39, 0.29) is 0 Å². The summed E-state index contributed by atoms with van der Waals surface area (Å²) in [5.74, 6) is 2.24. The maximum atomic E-state index is 9.38. The van der Waals surface area contributed by atoms with Crippen molar-refractivity contribution in [2.45, 2.75) is 57.8 Å². The highest BCUT2D eigenvalue weighted by molar-refractivity contribution is 4.77. The largest absolute Gasteiger partial charge is 0.396 e. The molecule has 0 bridgehead atoms. The fourth-order valence-corrected chi connectivity index (χ4v) is 3.66. The summed E-state index contributed by atoms with van der Waals surface area (Å²) in [6.45, 7) is 2.76. The number of hydrogen-bond acceptors (Lipinski definition) is 2. The molecule has 0 spiro atoms. The quantitative estimate of drug-likeness (QED) is 0.773. The molecular weight excluding hydrogens is 210 g/mol. The Labute approximate surface area is 106 Å². The van der Waals surface area contributed by atoms with E-state index in [1.807, 2.05) is 0 Å². The number of hydrogen-bond donors (Lipinski definition) is 2. The van der Waals surface area contributed by atoms with E-state index >= 15 is 0 Å². The molecule has 2 N–H and O–H groups in total. The van der Waals surface area contributed by atoms with Gasteiger partial charge in [0.2, 0.25) is 0 Å². The van der Waals surface area contributed by atoms with Gasteiger partial charge in [-0.1, -0.05) is 32.1 Å². The Morgan fingerprint density at radius 1 is 0.765 bits per heavy atom. The van der Waals surface area contributed by atoms with Crippen molar-refractivity contribution in [3.63, 3.8) is 0 Å². The van der Waals surface area contributed by atoms with Crippen molar-refractivity contribution in [2.75, 3.05) is 19.7 Å². The summed E-state index contributed by atoms with van der Waals surface area (Å²) in [4.78, 5) is 0. The van der Waals surface area contributed by atoms with Gasteiger partial charge < -0.3 is 10.4 Å². The van der Waals surface area contributed by atoms with E-state index in [4.69, 9.17) is 0 Å². The van der Waals surface area contributed by atoms with Crippen LogP contribution >= 0.6 is 0 Å². The van der Waals surface area contributed by atoms with Gasteiger partial charge in [0.1, 0.15) is 0 Å². The lowest BCUT2D eigenvalue weighted by Crippen LogP contribution is -2.35. The first-order chi connectivity index (χ1) is 8.40. The molecule has 2 nitrogen and oxygen atoms in total. The van der Waals surface area contributed by atoms with Crippen LogP contribution in [0.4, 0.5) is 0 Å². The first-order valence-corrected chi connectivity index (χ1v) is 7.71. The number of aliphatic hydroxyl groups excluding tert-OH is 1. The smallest absolute Gasteiger partial charge is 0.0462 e. The lowest BCUT2D eigenvalue weighted by Gasteiger charge is -2.31. The third-order valence-electron chi connectivity index (χ3n) is 4.87. The summed E-state index contributed by atoms with van der Waals surface area (Å²) in [6.07, 6.45) is 12.4. The molecule has 0 aliphatic heterocycles. The second-order valence-electron chi connectivity index (χ2n) is 6.15. The molecule has 0 aromatic rings. The fourth-order valence-electron chi connectivity index (χ4n) is 3.66. The maximum Gasteiger partial charge on any atom is 0.0462 e. The third-order valence-corrected chi connectivity index (χ3v) is 4.87. The molecule has 0 heterocycles. The van der Waals surface area contributed by atoms with Crippen molar-refractivity contribution in [2.24, 2.45) is 17.8 Å². The Hall–Kier alpha value is -0.0800. The Bertz CT molecular complexity index is 201. The summed E-state index contributed by atoms with van der Waals surface area (Å²) in [7, 11) is 0. The molecule has 0 radical (unpaired) electrons. The van der Waals surface area contributed by atoms with E-state index in [2.05, 4.69) is 5.32 Å². The highest BCUT2D eigenvalue weighted by Gasteiger charge is 2.24. The van der Waals surface area contributed by atoms with E-state index in [1.165, 1.54) is 64.3 Å². The van der Waals surface area contributed by atoms with Gasteiger partial charge in [0, 0.05) is 6.61 Å². The molecule has 0 aromatic heterocycles. The molecule has 2 heteroatoms. The molecular formula is C15H29NO. The molecule has 2 rings (SSSR count). The first-order valence-electron chi connectivity index (χ1n) is 7.71. The zero-order valence-electron chi connectivity index (χ0n) is 11.2. The van der Waals surface area contributed by atoms with Crippen LogP contribution in [0.25, 0.3) is 0 Å². The Morgan fingerprint density at radius 2 is 1.41 bits per heavy atom. The highest BCUT2D eigenvalue weighted by Crippen LogP contribution is 2.29. The zero-order valence-corrected chi connectivity index (χ0v) is 11.2. The summed E-state index contributed by atoms with van der Waals surface area (Å²) in [5.41, 5.74) is 0. The lowest BCUT2D eigenvalue weighted by atomic mass is 9.79. The summed E-state index contributed by atoms with van der Waals surface area (Å²) < 4.78 is 0. The van der Waals surface area contributed by atoms with Gasteiger partial charge in [0.25, 0.3) is 0 Å². The molecule has 0 aromatic carbocycles. The molecule has 0 saturated heterocycles. The molecule has 17 heavy (non-hydrogen) atoms. The second-order valence-corrected chi connectivity index (χ2v) is 6.15. The molecule has 2 saturated carbocycles. The van der Waals surface area contributed by atoms with Gasteiger partial charge in [-0.25, -0.2) is 0 Å². The number of rotatable bonds is 5. The Kier molecular flexibility index (Phi) is 5.79. The molecule has 2 aliphatic carbocycles. The summed E-state index contributed by atoms with van der Waals surface area (Å²) >= 11 is 0. The van der Waals surface area contributed by atoms with Gasteiger partial charge in [-0.3, -0.25) is 0 Å². The van der Waals surface area contributed by atoms with Crippen molar-refractivity contribution in [1.29, 1.82) is 0 Å². The van der Waals surface area contributed by atoms with E-state index in [9.17, 15) is 5.11 Å². The predicted molar refractivity (Wildman–Crippen MR) is 72.0 cm³/mol. The van der Waals surface area contributed by atoms with Gasteiger partial charge in [0.05, 0.1) is 0 Å². The van der Waals surface area contributed by atoms with Crippen LogP contribution in [0.3, 0.4) is 0 Å². The van der Waals surface area contributed by atoms with E-state index in [1.54, 1.807) is 0 Å². The number of nitrogens with one attached hydrogen (secondary N) is 1. The molecule has 2 atom stereocenters. The van der Waals surface area contributed by atoms with E-state index in [0.29, 0.717) is 12.5 Å². The van der Waals surface area contributed by atoms with Crippen LogP contribution in [0.1, 0.15) is 57.8 Å². The molecule has 100 valence electrons. The average molecular weight is 239 g/mol. The van der Waals surface area contributed by atoms with Crippen molar-refractivity contribution in [3.8, 4) is 0 Å². The van der Waals surface area contributed by atoms with Crippen LogP contribution in [-0.4, -0.2) is 24.8 Å². The minimum absolute atomic E-state index is 0.399. The Morgan fingerprint density at radius 3 is 2.12 bits per heavy atom. The summed E-state index contributed by atoms with van der Waals surface area (Å²) in [5, 5.41) is 13.1. The van der Waals surface area contributed by atoms with Crippen molar-refractivity contribution >= 4 is 0 Å². The summed E-state index contributed by atoms with van der Waals surface area (Å²) in [6, 6.07) is 0. The van der Waals surface area contributed by atoms with Crippen LogP contribution in [0, 0.1) is 17.8 Å². The SMILES string of the molecule is OCC1CCCCC1CNCC1CCCCC1. The van der Waals surface area contributed by atoms with Crippen LogP contribution in [0.5, 0.6) is 0 Å². The van der Waals surface area contributed by atoms with Gasteiger partial charge in [-0.05, 0) is 56.5 Å². The zero-order chi connectivity index (χ0) is 11.9. The Balaban J connectivity index is 1.62. The van der Waals surface area contributed by atoms with Crippen LogP contribution in [0.15, 0.2) is 0 Å². The molecule has 2 fully saturated rings. The van der Waals surface area contributed by atoms with Crippen molar-refractivity contribution in [3.05, 3.63) is 0 Å². The monoisotopic (exact) mass is 239 g/mol. The van der Waals surface area contributed by atoms with Gasteiger partial charge in [0.15, 0.2) is 0 Å². The molecule has 0 amide bonds. The maximum absolute atomic E-state index is 9.38. The van der Waals surface area contributed by atoms with Crippen molar-refractivity contribution in [1.82, 2.24) is 5.32 Å². The van der Waals surface area contributed by atoms with Crippen LogP contribution in [0.2, 0.25) is 0 Å². The molecule has 2 unspecified atom stereocenters. The van der Waals surface area contributed by atoms with Crippen LogP contribution < -0.4 is 5.32 Å². The fraction of sp³-hybridized carbons (Fsp3) is 1.00. The van der Waals surface area contributed by atoms with Crippen molar-refractivity contribution < 1.29 is 5.11 Å². The standard InChI is InChI=1S/C15H29NO/c17-12-15-9-5-4-8-14(15)11-16-10-13-6-2-1-3-7-13/h13-17H,1-12H2. The van der Waals surface area contributed by atoms with Crippen LogP contribution in [-0.2, 0) is 0 Å². The minimum atomic E-state index is 0.399. The first kappa shape index (κ1) is 13.4. The third kappa shape index (κ3) is 4.26.